The summed E-state index contributed by atoms with van der Waals surface area (Å²) in [6.45, 7) is 2.52. The molecule has 0 unspecified atom stereocenters. The van der Waals surface area contributed by atoms with Crippen LogP contribution in [0.25, 0.3) is 16.9 Å². The normalized spacial score (nSPS) is 10.7. The van der Waals surface area contributed by atoms with Crippen LogP contribution in [0.1, 0.15) is 17.4 Å². The van der Waals surface area contributed by atoms with Crippen LogP contribution in [0.2, 0.25) is 0 Å². The Morgan fingerprint density at radius 2 is 2.05 bits per heavy atom. The molecule has 0 amide bonds. The lowest BCUT2D eigenvalue weighted by atomic mass is 10.1. The van der Waals surface area contributed by atoms with Gasteiger partial charge in [0.25, 0.3) is 0 Å². The van der Waals surface area contributed by atoms with Gasteiger partial charge in [0.2, 0.25) is 0 Å². The van der Waals surface area contributed by atoms with E-state index in [1.807, 2.05) is 31.2 Å². The molecule has 1 aromatic carbocycles. The van der Waals surface area contributed by atoms with Crippen LogP contribution in [-0.2, 0) is 0 Å². The summed E-state index contributed by atoms with van der Waals surface area (Å²) in [5.74, 6) is -0.275. The Hall–Kier alpha value is -2.89. The molecule has 6 nitrogen and oxygen atoms in total. The molecule has 0 spiro atoms. The molecule has 0 saturated heterocycles. The van der Waals surface area contributed by atoms with Gasteiger partial charge in [0, 0.05) is 11.6 Å². The van der Waals surface area contributed by atoms with Crippen LogP contribution < -0.4 is 4.74 Å². The number of benzene rings is 1. The van der Waals surface area contributed by atoms with Gasteiger partial charge in [-0.15, -0.1) is 0 Å². The molecule has 0 bridgehead atoms. The fourth-order valence-electron chi connectivity index (χ4n) is 2.10. The first-order chi connectivity index (χ1) is 10.2. The van der Waals surface area contributed by atoms with E-state index in [1.165, 1.54) is 16.8 Å². The number of nitrogens with zero attached hydrogens (tertiary/aromatic N) is 3. The minimum atomic E-state index is -1.04. The molecule has 2 heterocycles. The van der Waals surface area contributed by atoms with Crippen molar-refractivity contribution in [2.24, 2.45) is 0 Å². The van der Waals surface area contributed by atoms with Crippen molar-refractivity contribution < 1.29 is 14.6 Å². The molecule has 0 atom stereocenters. The summed E-state index contributed by atoms with van der Waals surface area (Å²) in [4.78, 5) is 15.7. The summed E-state index contributed by atoms with van der Waals surface area (Å²) in [5, 5.41) is 13.2. The van der Waals surface area contributed by atoms with Gasteiger partial charge in [-0.05, 0) is 37.3 Å². The van der Waals surface area contributed by atoms with E-state index in [2.05, 4.69) is 10.1 Å². The number of carboxylic acid groups (broad SMARTS) is 1. The van der Waals surface area contributed by atoms with Crippen LogP contribution >= 0.6 is 0 Å². The van der Waals surface area contributed by atoms with E-state index in [-0.39, 0.29) is 5.69 Å². The zero-order valence-electron chi connectivity index (χ0n) is 11.4. The van der Waals surface area contributed by atoms with E-state index in [0.717, 1.165) is 11.3 Å². The maximum Gasteiger partial charge on any atom is 0.354 e. The average Bonchev–Trinajstić information content (AvgIpc) is 2.95. The molecule has 0 aliphatic rings. The van der Waals surface area contributed by atoms with Gasteiger partial charge in [-0.2, -0.15) is 5.10 Å². The second-order valence-electron chi connectivity index (χ2n) is 4.39. The van der Waals surface area contributed by atoms with Crippen molar-refractivity contribution in [3.8, 4) is 17.0 Å². The molecule has 3 rings (SSSR count). The maximum absolute atomic E-state index is 11.3. The zero-order valence-corrected chi connectivity index (χ0v) is 11.4. The molecule has 0 aliphatic carbocycles. The Balaban J connectivity index is 2.09. The van der Waals surface area contributed by atoms with Crippen molar-refractivity contribution in [1.29, 1.82) is 0 Å². The van der Waals surface area contributed by atoms with Gasteiger partial charge in [-0.1, -0.05) is 0 Å². The number of aromatic nitrogens is 3. The first-order valence-corrected chi connectivity index (χ1v) is 6.50. The number of hydrogen-bond donors (Lipinski definition) is 1. The third-order valence-electron chi connectivity index (χ3n) is 3.04. The lowest BCUT2D eigenvalue weighted by Crippen LogP contribution is -2.08. The van der Waals surface area contributed by atoms with E-state index < -0.39 is 5.97 Å². The topological polar surface area (TPSA) is 76.7 Å². The lowest BCUT2D eigenvalue weighted by Gasteiger charge is -2.07. The van der Waals surface area contributed by atoms with Crippen molar-refractivity contribution in [3.05, 3.63) is 48.3 Å². The molecule has 0 fully saturated rings. The molecular weight excluding hydrogens is 270 g/mol. The van der Waals surface area contributed by atoms with Crippen LogP contribution in [-0.4, -0.2) is 32.3 Å². The Morgan fingerprint density at radius 1 is 1.29 bits per heavy atom. The highest BCUT2D eigenvalue weighted by Crippen LogP contribution is 2.22. The third-order valence-corrected chi connectivity index (χ3v) is 3.04. The van der Waals surface area contributed by atoms with Crippen LogP contribution in [0.4, 0.5) is 0 Å². The van der Waals surface area contributed by atoms with E-state index in [1.54, 1.807) is 6.07 Å². The molecule has 2 aromatic heterocycles. The minimum Gasteiger partial charge on any atom is -0.494 e. The third kappa shape index (κ3) is 2.43. The van der Waals surface area contributed by atoms with Crippen molar-refractivity contribution >= 4 is 11.6 Å². The number of aromatic carboxylic acids is 1. The molecule has 6 heteroatoms. The Morgan fingerprint density at radius 3 is 2.71 bits per heavy atom. The SMILES string of the molecule is CCOc1ccc(-c2cc(C(=O)O)n3nccc3n2)cc1. The molecular formula is C15H13N3O3. The maximum atomic E-state index is 11.3. The number of ether oxygens (including phenoxy) is 1. The second-order valence-corrected chi connectivity index (χ2v) is 4.39. The lowest BCUT2D eigenvalue weighted by molar-refractivity contribution is 0.0687. The zero-order chi connectivity index (χ0) is 14.8. The van der Waals surface area contributed by atoms with Gasteiger partial charge >= 0.3 is 5.97 Å². The summed E-state index contributed by atoms with van der Waals surface area (Å²) >= 11 is 0. The minimum absolute atomic E-state index is 0.0777. The molecule has 106 valence electrons. The number of fused-ring (bicyclic) bond motifs is 1. The predicted molar refractivity (Wildman–Crippen MR) is 76.6 cm³/mol. The molecule has 21 heavy (non-hydrogen) atoms. The average molecular weight is 283 g/mol. The number of hydrogen-bond acceptors (Lipinski definition) is 4. The molecule has 0 aliphatic heterocycles. The van der Waals surface area contributed by atoms with Crippen molar-refractivity contribution in [2.75, 3.05) is 6.61 Å². The smallest absolute Gasteiger partial charge is 0.354 e. The van der Waals surface area contributed by atoms with Crippen molar-refractivity contribution in [1.82, 2.24) is 14.6 Å². The number of carboxylic acids is 1. The summed E-state index contributed by atoms with van der Waals surface area (Å²) in [7, 11) is 0. The van der Waals surface area contributed by atoms with Crippen LogP contribution in [0.3, 0.4) is 0 Å². The van der Waals surface area contributed by atoms with Crippen molar-refractivity contribution in [2.45, 2.75) is 6.92 Å². The largest absolute Gasteiger partial charge is 0.494 e. The summed E-state index contributed by atoms with van der Waals surface area (Å²) in [6.07, 6.45) is 1.52. The highest BCUT2D eigenvalue weighted by Gasteiger charge is 2.13. The van der Waals surface area contributed by atoms with E-state index in [4.69, 9.17) is 4.74 Å². The molecule has 0 saturated carbocycles. The summed E-state index contributed by atoms with van der Waals surface area (Å²) in [5.41, 5.74) is 1.99. The highest BCUT2D eigenvalue weighted by atomic mass is 16.5. The monoisotopic (exact) mass is 283 g/mol. The first kappa shape index (κ1) is 13.1. The Labute approximate surface area is 120 Å². The van der Waals surface area contributed by atoms with Crippen LogP contribution in [0.15, 0.2) is 42.6 Å². The van der Waals surface area contributed by atoms with Crippen LogP contribution in [0.5, 0.6) is 5.75 Å². The molecule has 1 N–H and O–H groups in total. The molecule has 0 radical (unpaired) electrons. The van der Waals surface area contributed by atoms with Crippen molar-refractivity contribution in [3.63, 3.8) is 0 Å². The van der Waals surface area contributed by atoms with Gasteiger partial charge in [-0.25, -0.2) is 14.3 Å². The summed E-state index contributed by atoms with van der Waals surface area (Å²) < 4.78 is 6.69. The fraction of sp³-hybridized carbons (Fsp3) is 0.133. The van der Waals surface area contributed by atoms with E-state index in [9.17, 15) is 9.90 Å². The Kier molecular flexibility index (Phi) is 3.27. The van der Waals surface area contributed by atoms with Gasteiger partial charge in [-0.3, -0.25) is 0 Å². The Bertz CT molecular complexity index is 794. The quantitative estimate of drug-likeness (QED) is 0.796. The van der Waals surface area contributed by atoms with Gasteiger partial charge in [0.1, 0.15) is 5.75 Å². The highest BCUT2D eigenvalue weighted by molar-refractivity contribution is 5.88. The van der Waals surface area contributed by atoms with Gasteiger partial charge in [0.05, 0.1) is 18.5 Å². The van der Waals surface area contributed by atoms with E-state index >= 15 is 0 Å². The van der Waals surface area contributed by atoms with Gasteiger partial charge < -0.3 is 9.84 Å². The van der Waals surface area contributed by atoms with E-state index in [0.29, 0.717) is 17.9 Å². The predicted octanol–water partition coefficient (Wildman–Crippen LogP) is 2.49. The fourth-order valence-corrected chi connectivity index (χ4v) is 2.10. The standard InChI is InChI=1S/C15H13N3O3/c1-2-21-11-5-3-10(4-6-11)12-9-13(15(19)20)18-14(17-12)7-8-16-18/h3-9H,2H2,1H3,(H,19,20). The van der Waals surface area contributed by atoms with Gasteiger partial charge in [0.15, 0.2) is 11.3 Å². The number of carbonyl (C=O) groups is 1. The molecule has 3 aromatic rings. The summed E-state index contributed by atoms with van der Waals surface area (Å²) in [6, 6.07) is 10.6. The first-order valence-electron chi connectivity index (χ1n) is 6.50. The number of rotatable bonds is 4. The van der Waals surface area contributed by atoms with Crippen LogP contribution in [0, 0.1) is 0 Å². The second kappa shape index (κ2) is 5.24.